The third-order valence-corrected chi connectivity index (χ3v) is 5.61. The Hall–Kier alpha value is -1.68. The van der Waals surface area contributed by atoms with E-state index in [4.69, 9.17) is 9.84 Å². The van der Waals surface area contributed by atoms with Crippen molar-refractivity contribution in [2.75, 3.05) is 32.2 Å². The molecule has 0 aromatic heterocycles. The molecule has 2 rings (SSSR count). The molecule has 1 aliphatic carbocycles. The van der Waals surface area contributed by atoms with Crippen molar-refractivity contribution in [3.63, 3.8) is 0 Å². The molecule has 25 heavy (non-hydrogen) atoms. The van der Waals surface area contributed by atoms with E-state index < -0.39 is 21.7 Å². The highest BCUT2D eigenvalue weighted by Gasteiger charge is 2.36. The molecular formula is C16H24N2O6S. The predicted molar refractivity (Wildman–Crippen MR) is 91.9 cm³/mol. The Balaban J connectivity index is 2.01. The maximum absolute atomic E-state index is 12.5. The molecule has 0 spiro atoms. The summed E-state index contributed by atoms with van der Waals surface area (Å²) in [5.74, 6) is 0. The maximum atomic E-state index is 12.5. The number of aliphatic hydroxyl groups is 1. The largest absolute Gasteiger partial charge is 0.453 e. The number of benzene rings is 1. The lowest BCUT2D eigenvalue weighted by Gasteiger charge is -2.29. The lowest BCUT2D eigenvalue weighted by atomic mass is 10.0. The minimum atomic E-state index is -3.70. The fraction of sp³-hybridized carbons (Fsp3) is 0.562. The number of aliphatic hydroxyl groups excluding tert-OH is 1. The second-order valence-corrected chi connectivity index (χ2v) is 7.69. The highest BCUT2D eigenvalue weighted by molar-refractivity contribution is 7.89. The van der Waals surface area contributed by atoms with E-state index in [1.165, 1.54) is 31.4 Å². The number of nitrogens with one attached hydrogen (secondary N) is 2. The van der Waals surface area contributed by atoms with Gasteiger partial charge in [0.25, 0.3) is 0 Å². The first kappa shape index (κ1) is 19.6. The van der Waals surface area contributed by atoms with Gasteiger partial charge in [0.2, 0.25) is 10.0 Å². The first-order valence-corrected chi connectivity index (χ1v) is 9.59. The summed E-state index contributed by atoms with van der Waals surface area (Å²) in [6, 6.07) is 5.78. The van der Waals surface area contributed by atoms with Crippen LogP contribution in [0.1, 0.15) is 25.7 Å². The molecule has 1 aromatic rings. The number of hydrogen-bond donors (Lipinski definition) is 3. The average Bonchev–Trinajstić information content (AvgIpc) is 3.08. The highest BCUT2D eigenvalue weighted by Crippen LogP contribution is 2.33. The van der Waals surface area contributed by atoms with Gasteiger partial charge in [-0.15, -0.1) is 0 Å². The van der Waals surface area contributed by atoms with Crippen LogP contribution < -0.4 is 10.0 Å². The predicted octanol–water partition coefficient (Wildman–Crippen LogP) is 1.46. The highest BCUT2D eigenvalue weighted by atomic mass is 32.2. The van der Waals surface area contributed by atoms with Crippen LogP contribution >= 0.6 is 0 Å². The second-order valence-electron chi connectivity index (χ2n) is 5.93. The van der Waals surface area contributed by atoms with Crippen molar-refractivity contribution in [3.8, 4) is 0 Å². The summed E-state index contributed by atoms with van der Waals surface area (Å²) in [6.45, 7) is 0.260. The number of carbonyl (C=O) groups excluding carboxylic acids is 1. The van der Waals surface area contributed by atoms with Crippen molar-refractivity contribution >= 4 is 21.8 Å². The Morgan fingerprint density at radius 3 is 2.44 bits per heavy atom. The van der Waals surface area contributed by atoms with E-state index in [1.807, 2.05) is 0 Å². The lowest BCUT2D eigenvalue weighted by Crippen LogP contribution is -2.43. The Morgan fingerprint density at radius 1 is 1.24 bits per heavy atom. The van der Waals surface area contributed by atoms with Gasteiger partial charge in [-0.05, 0) is 37.1 Å². The van der Waals surface area contributed by atoms with Crippen molar-refractivity contribution < 1.29 is 27.8 Å². The van der Waals surface area contributed by atoms with Gasteiger partial charge in [0.15, 0.2) is 0 Å². The Bertz CT molecular complexity index is 668. The molecule has 0 saturated heterocycles. The van der Waals surface area contributed by atoms with E-state index in [1.54, 1.807) is 0 Å². The standard InChI is InChI=1S/C16H24N2O6S/c1-23-15(20)18-13-4-6-14(7-5-13)25(21,22)17-12-16(24-11-10-19)8-2-3-9-16/h4-7,17,19H,2-3,8-12H2,1H3,(H,18,20). The zero-order chi connectivity index (χ0) is 18.3. The summed E-state index contributed by atoms with van der Waals surface area (Å²) < 4.78 is 37.7. The Labute approximate surface area is 147 Å². The average molecular weight is 372 g/mol. The molecule has 1 aliphatic rings. The number of hydrogen-bond acceptors (Lipinski definition) is 6. The lowest BCUT2D eigenvalue weighted by molar-refractivity contribution is -0.0492. The summed E-state index contributed by atoms with van der Waals surface area (Å²) in [6.07, 6.45) is 2.84. The molecule has 1 aromatic carbocycles. The summed E-state index contributed by atoms with van der Waals surface area (Å²) in [5, 5.41) is 11.4. The number of amides is 1. The molecule has 0 unspecified atom stereocenters. The number of rotatable bonds is 8. The van der Waals surface area contributed by atoms with Crippen molar-refractivity contribution in [1.82, 2.24) is 4.72 Å². The van der Waals surface area contributed by atoms with Gasteiger partial charge in [0.1, 0.15) is 0 Å². The van der Waals surface area contributed by atoms with Crippen LogP contribution in [0.15, 0.2) is 29.2 Å². The van der Waals surface area contributed by atoms with Gasteiger partial charge in [0, 0.05) is 12.2 Å². The van der Waals surface area contributed by atoms with Gasteiger partial charge in [0.05, 0.1) is 30.8 Å². The van der Waals surface area contributed by atoms with E-state index in [0.717, 1.165) is 25.7 Å². The van der Waals surface area contributed by atoms with Crippen molar-refractivity contribution in [2.24, 2.45) is 0 Å². The van der Waals surface area contributed by atoms with E-state index in [9.17, 15) is 13.2 Å². The van der Waals surface area contributed by atoms with Gasteiger partial charge < -0.3 is 14.6 Å². The topological polar surface area (TPSA) is 114 Å². The Kier molecular flexibility index (Phi) is 6.77. The van der Waals surface area contributed by atoms with Crippen LogP contribution in [0.4, 0.5) is 10.5 Å². The van der Waals surface area contributed by atoms with Crippen LogP contribution in [-0.2, 0) is 19.5 Å². The molecule has 1 fully saturated rings. The third-order valence-electron chi connectivity index (χ3n) is 4.20. The first-order chi connectivity index (χ1) is 11.9. The van der Waals surface area contributed by atoms with Crippen LogP contribution in [0.25, 0.3) is 0 Å². The molecule has 0 bridgehead atoms. The molecule has 8 nitrogen and oxygen atoms in total. The zero-order valence-electron chi connectivity index (χ0n) is 14.2. The van der Waals surface area contributed by atoms with Gasteiger partial charge >= 0.3 is 6.09 Å². The molecule has 0 atom stereocenters. The first-order valence-electron chi connectivity index (χ1n) is 8.10. The molecular weight excluding hydrogens is 348 g/mol. The van der Waals surface area contributed by atoms with Crippen LogP contribution in [0.3, 0.4) is 0 Å². The van der Waals surface area contributed by atoms with Crippen molar-refractivity contribution in [3.05, 3.63) is 24.3 Å². The summed E-state index contributed by atoms with van der Waals surface area (Å²) in [7, 11) is -2.45. The van der Waals surface area contributed by atoms with Crippen LogP contribution in [0.5, 0.6) is 0 Å². The summed E-state index contributed by atoms with van der Waals surface area (Å²) >= 11 is 0. The van der Waals surface area contributed by atoms with E-state index >= 15 is 0 Å². The molecule has 0 radical (unpaired) electrons. The molecule has 1 saturated carbocycles. The zero-order valence-corrected chi connectivity index (χ0v) is 15.0. The van der Waals surface area contributed by atoms with Crippen LogP contribution in [0.2, 0.25) is 0 Å². The van der Waals surface area contributed by atoms with Crippen molar-refractivity contribution in [2.45, 2.75) is 36.2 Å². The number of anilines is 1. The van der Waals surface area contributed by atoms with Gasteiger partial charge in [-0.25, -0.2) is 17.9 Å². The van der Waals surface area contributed by atoms with E-state index in [-0.39, 0.29) is 24.7 Å². The monoisotopic (exact) mass is 372 g/mol. The molecule has 140 valence electrons. The molecule has 9 heteroatoms. The normalized spacial score (nSPS) is 16.6. The molecule has 3 N–H and O–H groups in total. The number of methoxy groups -OCH3 is 1. The van der Waals surface area contributed by atoms with Gasteiger partial charge in [-0.2, -0.15) is 0 Å². The summed E-state index contributed by atoms with van der Waals surface area (Å²) in [5.41, 5.74) is -0.119. The maximum Gasteiger partial charge on any atom is 0.411 e. The minimum Gasteiger partial charge on any atom is -0.453 e. The van der Waals surface area contributed by atoms with Crippen LogP contribution in [-0.4, -0.2) is 52.1 Å². The van der Waals surface area contributed by atoms with Gasteiger partial charge in [-0.1, -0.05) is 12.8 Å². The minimum absolute atomic E-state index is 0.0941. The number of carbonyl (C=O) groups is 1. The quantitative estimate of drug-likeness (QED) is 0.637. The fourth-order valence-electron chi connectivity index (χ4n) is 2.85. The number of ether oxygens (including phenoxy) is 2. The fourth-order valence-corrected chi connectivity index (χ4v) is 3.96. The summed E-state index contributed by atoms with van der Waals surface area (Å²) in [4.78, 5) is 11.2. The van der Waals surface area contributed by atoms with Crippen LogP contribution in [0, 0.1) is 0 Å². The molecule has 0 aliphatic heterocycles. The molecule has 0 heterocycles. The third kappa shape index (κ3) is 5.40. The van der Waals surface area contributed by atoms with E-state index in [2.05, 4.69) is 14.8 Å². The van der Waals surface area contributed by atoms with Crippen molar-refractivity contribution in [1.29, 1.82) is 0 Å². The SMILES string of the molecule is COC(=O)Nc1ccc(S(=O)(=O)NCC2(OCCO)CCCC2)cc1. The second kappa shape index (κ2) is 8.61. The van der Waals surface area contributed by atoms with E-state index in [0.29, 0.717) is 5.69 Å². The molecule has 1 amide bonds. The Morgan fingerprint density at radius 2 is 1.88 bits per heavy atom. The smallest absolute Gasteiger partial charge is 0.411 e. The number of sulfonamides is 1. The van der Waals surface area contributed by atoms with Gasteiger partial charge in [-0.3, -0.25) is 5.32 Å².